The Bertz CT molecular complexity index is 500. The highest BCUT2D eigenvalue weighted by molar-refractivity contribution is 7.08. The number of carboxylic acids is 1. The molecule has 0 radical (unpaired) electrons. The molecule has 1 aromatic heterocycles. The van der Waals surface area contributed by atoms with Gasteiger partial charge in [-0.3, -0.25) is 0 Å². The Balaban J connectivity index is 2.59. The lowest BCUT2D eigenvalue weighted by Gasteiger charge is -2.04. The molecule has 1 heterocycles. The Hall–Kier alpha value is -1.61. The zero-order chi connectivity index (χ0) is 10.8. The monoisotopic (exact) mass is 218 g/mol. The lowest BCUT2D eigenvalue weighted by Crippen LogP contribution is -1.96. The molecule has 0 bridgehead atoms. The molecule has 3 heteroatoms. The standard InChI is InChI=1S/C12H10O2S/c1-8-4-2-3-5-9(8)10-6-15-7-11(10)12(13)14/h2-7H,1H3,(H,13,14). The molecule has 0 unspecified atom stereocenters. The molecule has 0 fully saturated rings. The molecule has 76 valence electrons. The summed E-state index contributed by atoms with van der Waals surface area (Å²) in [5, 5.41) is 12.6. The first kappa shape index (κ1) is 9.93. The van der Waals surface area contributed by atoms with Crippen LogP contribution in [-0.2, 0) is 0 Å². The summed E-state index contributed by atoms with van der Waals surface area (Å²) in [6, 6.07) is 7.81. The zero-order valence-corrected chi connectivity index (χ0v) is 9.04. The molecule has 15 heavy (non-hydrogen) atoms. The van der Waals surface area contributed by atoms with Crippen LogP contribution < -0.4 is 0 Å². The molecule has 0 aliphatic heterocycles. The van der Waals surface area contributed by atoms with Crippen molar-refractivity contribution in [3.8, 4) is 11.1 Å². The first-order valence-electron chi connectivity index (χ1n) is 4.55. The molecule has 2 aromatic rings. The summed E-state index contributed by atoms with van der Waals surface area (Å²) in [6.45, 7) is 1.98. The van der Waals surface area contributed by atoms with Crippen molar-refractivity contribution in [1.29, 1.82) is 0 Å². The van der Waals surface area contributed by atoms with Crippen LogP contribution in [-0.4, -0.2) is 11.1 Å². The van der Waals surface area contributed by atoms with Gasteiger partial charge in [-0.15, -0.1) is 0 Å². The van der Waals surface area contributed by atoms with Crippen molar-refractivity contribution in [2.45, 2.75) is 6.92 Å². The molecular formula is C12H10O2S. The van der Waals surface area contributed by atoms with Gasteiger partial charge in [0.05, 0.1) is 5.56 Å². The Morgan fingerprint density at radius 3 is 2.60 bits per heavy atom. The van der Waals surface area contributed by atoms with Gasteiger partial charge in [-0.1, -0.05) is 24.3 Å². The van der Waals surface area contributed by atoms with E-state index in [9.17, 15) is 4.79 Å². The van der Waals surface area contributed by atoms with Crippen LogP contribution in [0.1, 0.15) is 15.9 Å². The van der Waals surface area contributed by atoms with Gasteiger partial charge in [0.1, 0.15) is 0 Å². The van der Waals surface area contributed by atoms with Crippen molar-refractivity contribution in [3.63, 3.8) is 0 Å². The molecule has 2 nitrogen and oxygen atoms in total. The number of hydrogen-bond acceptors (Lipinski definition) is 2. The van der Waals surface area contributed by atoms with Crippen LogP contribution in [0.4, 0.5) is 0 Å². The first-order valence-corrected chi connectivity index (χ1v) is 5.50. The van der Waals surface area contributed by atoms with E-state index in [4.69, 9.17) is 5.11 Å². The average Bonchev–Trinajstić information content (AvgIpc) is 2.67. The summed E-state index contributed by atoms with van der Waals surface area (Å²) in [6.07, 6.45) is 0. The molecule has 1 N–H and O–H groups in total. The van der Waals surface area contributed by atoms with Crippen molar-refractivity contribution in [3.05, 3.63) is 46.2 Å². The molecule has 0 atom stereocenters. The Kier molecular flexibility index (Phi) is 2.56. The molecule has 0 aliphatic carbocycles. The summed E-state index contributed by atoms with van der Waals surface area (Å²) < 4.78 is 0. The third-order valence-corrected chi connectivity index (χ3v) is 3.07. The van der Waals surface area contributed by atoms with E-state index >= 15 is 0 Å². The van der Waals surface area contributed by atoms with Crippen molar-refractivity contribution >= 4 is 17.3 Å². The first-order chi connectivity index (χ1) is 7.20. The summed E-state index contributed by atoms with van der Waals surface area (Å²) in [5.41, 5.74) is 3.29. The normalized spacial score (nSPS) is 10.2. The third-order valence-electron chi connectivity index (χ3n) is 2.33. The van der Waals surface area contributed by atoms with E-state index in [1.807, 2.05) is 36.6 Å². The van der Waals surface area contributed by atoms with E-state index in [-0.39, 0.29) is 0 Å². The second-order valence-corrected chi connectivity index (χ2v) is 4.06. The van der Waals surface area contributed by atoms with Gasteiger partial charge in [-0.05, 0) is 23.4 Å². The van der Waals surface area contributed by atoms with Gasteiger partial charge in [-0.2, -0.15) is 11.3 Å². The van der Waals surface area contributed by atoms with E-state index in [0.29, 0.717) is 5.56 Å². The van der Waals surface area contributed by atoms with Crippen LogP contribution in [0.15, 0.2) is 35.0 Å². The topological polar surface area (TPSA) is 37.3 Å². The zero-order valence-electron chi connectivity index (χ0n) is 8.23. The second kappa shape index (κ2) is 3.87. The summed E-state index contributed by atoms with van der Waals surface area (Å²) in [4.78, 5) is 11.0. The number of carbonyl (C=O) groups is 1. The van der Waals surface area contributed by atoms with E-state index in [1.54, 1.807) is 5.38 Å². The fourth-order valence-corrected chi connectivity index (χ4v) is 2.37. The SMILES string of the molecule is Cc1ccccc1-c1cscc1C(=O)O. The van der Waals surface area contributed by atoms with E-state index in [2.05, 4.69) is 0 Å². The van der Waals surface area contributed by atoms with E-state index < -0.39 is 5.97 Å². The highest BCUT2D eigenvalue weighted by Crippen LogP contribution is 2.29. The maximum absolute atomic E-state index is 11.0. The predicted octanol–water partition coefficient (Wildman–Crippen LogP) is 3.42. The number of rotatable bonds is 2. The third kappa shape index (κ3) is 1.78. The Morgan fingerprint density at radius 2 is 1.93 bits per heavy atom. The molecule has 2 rings (SSSR count). The summed E-state index contributed by atoms with van der Waals surface area (Å²) in [5.74, 6) is -0.866. The maximum atomic E-state index is 11.0. The van der Waals surface area contributed by atoms with Crippen LogP contribution in [0.2, 0.25) is 0 Å². The van der Waals surface area contributed by atoms with Crippen molar-refractivity contribution in [2.75, 3.05) is 0 Å². The van der Waals surface area contributed by atoms with Gasteiger partial charge in [0, 0.05) is 10.9 Å². The smallest absolute Gasteiger partial charge is 0.337 e. The van der Waals surface area contributed by atoms with Crippen LogP contribution in [0, 0.1) is 6.92 Å². The highest BCUT2D eigenvalue weighted by Gasteiger charge is 2.13. The Morgan fingerprint density at radius 1 is 1.20 bits per heavy atom. The predicted molar refractivity (Wildman–Crippen MR) is 61.5 cm³/mol. The van der Waals surface area contributed by atoms with Crippen LogP contribution >= 0.6 is 11.3 Å². The largest absolute Gasteiger partial charge is 0.478 e. The number of aryl methyl sites for hydroxylation is 1. The quantitative estimate of drug-likeness (QED) is 0.838. The molecule has 0 saturated heterocycles. The van der Waals surface area contributed by atoms with Gasteiger partial charge in [0.2, 0.25) is 0 Å². The highest BCUT2D eigenvalue weighted by atomic mass is 32.1. The molecule has 0 spiro atoms. The van der Waals surface area contributed by atoms with Crippen molar-refractivity contribution < 1.29 is 9.90 Å². The van der Waals surface area contributed by atoms with Crippen LogP contribution in [0.5, 0.6) is 0 Å². The fourth-order valence-electron chi connectivity index (χ4n) is 1.55. The number of thiophene rings is 1. The fraction of sp³-hybridized carbons (Fsp3) is 0.0833. The van der Waals surface area contributed by atoms with E-state index in [1.165, 1.54) is 11.3 Å². The summed E-state index contributed by atoms with van der Waals surface area (Å²) >= 11 is 1.42. The van der Waals surface area contributed by atoms with Crippen LogP contribution in [0.25, 0.3) is 11.1 Å². The summed E-state index contributed by atoms with van der Waals surface area (Å²) in [7, 11) is 0. The number of aromatic carboxylic acids is 1. The van der Waals surface area contributed by atoms with Gasteiger partial charge in [0.25, 0.3) is 0 Å². The van der Waals surface area contributed by atoms with Gasteiger partial charge in [0.15, 0.2) is 0 Å². The average molecular weight is 218 g/mol. The number of benzene rings is 1. The second-order valence-electron chi connectivity index (χ2n) is 3.32. The minimum atomic E-state index is -0.866. The lowest BCUT2D eigenvalue weighted by molar-refractivity contribution is 0.0698. The lowest BCUT2D eigenvalue weighted by atomic mass is 10.0. The number of hydrogen-bond donors (Lipinski definition) is 1. The number of carboxylic acid groups (broad SMARTS) is 1. The van der Waals surface area contributed by atoms with Gasteiger partial charge in [-0.25, -0.2) is 4.79 Å². The van der Waals surface area contributed by atoms with E-state index in [0.717, 1.165) is 16.7 Å². The maximum Gasteiger partial charge on any atom is 0.337 e. The van der Waals surface area contributed by atoms with Crippen molar-refractivity contribution in [2.24, 2.45) is 0 Å². The minimum Gasteiger partial charge on any atom is -0.478 e. The minimum absolute atomic E-state index is 0.384. The Labute approximate surface area is 91.8 Å². The van der Waals surface area contributed by atoms with Gasteiger partial charge < -0.3 is 5.11 Å². The van der Waals surface area contributed by atoms with Crippen LogP contribution in [0.3, 0.4) is 0 Å². The molecule has 1 aromatic carbocycles. The van der Waals surface area contributed by atoms with Crippen molar-refractivity contribution in [1.82, 2.24) is 0 Å². The molecule has 0 amide bonds. The molecular weight excluding hydrogens is 208 g/mol. The molecule has 0 saturated carbocycles. The molecule has 0 aliphatic rings. The van der Waals surface area contributed by atoms with Gasteiger partial charge >= 0.3 is 5.97 Å².